The van der Waals surface area contributed by atoms with Crippen LogP contribution in [-0.4, -0.2) is 15.6 Å². The van der Waals surface area contributed by atoms with E-state index in [-0.39, 0.29) is 17.2 Å². The number of ketones is 1. The van der Waals surface area contributed by atoms with Crippen LogP contribution in [0, 0.1) is 16.7 Å². The van der Waals surface area contributed by atoms with Gasteiger partial charge in [-0.1, -0.05) is 38.1 Å². The second-order valence-corrected chi connectivity index (χ2v) is 8.40. The Labute approximate surface area is 163 Å². The summed E-state index contributed by atoms with van der Waals surface area (Å²) in [5.41, 5.74) is 4.19. The number of hydrogen-bond donors (Lipinski definition) is 1. The van der Waals surface area contributed by atoms with Crippen LogP contribution in [0.3, 0.4) is 0 Å². The van der Waals surface area contributed by atoms with Gasteiger partial charge >= 0.3 is 0 Å². The first-order valence-electron chi connectivity index (χ1n) is 9.47. The molecule has 2 aliphatic rings. The fourth-order valence-corrected chi connectivity index (χ4v) is 4.44. The summed E-state index contributed by atoms with van der Waals surface area (Å²) in [7, 11) is 0. The summed E-state index contributed by atoms with van der Waals surface area (Å²) < 4.78 is 1.93. The van der Waals surface area contributed by atoms with E-state index < -0.39 is 0 Å². The molecule has 2 heterocycles. The van der Waals surface area contributed by atoms with Crippen molar-refractivity contribution in [3.63, 3.8) is 0 Å². The summed E-state index contributed by atoms with van der Waals surface area (Å²) in [4.78, 5) is 13.2. The van der Waals surface area contributed by atoms with Crippen molar-refractivity contribution in [2.24, 2.45) is 5.41 Å². The SMILES string of the molecule is CC1(C)CC(=O)C2=C(C1)Nc1c3ccccc3nn1C2c1ccc(C#N)cc1. The normalized spacial score (nSPS) is 20.3. The van der Waals surface area contributed by atoms with Gasteiger partial charge in [0.15, 0.2) is 5.78 Å². The van der Waals surface area contributed by atoms with Gasteiger partial charge in [0.1, 0.15) is 11.9 Å². The van der Waals surface area contributed by atoms with Crippen LogP contribution in [0.15, 0.2) is 59.8 Å². The number of carbonyl (C=O) groups excluding carboxylic acids is 1. The smallest absolute Gasteiger partial charge is 0.163 e. The molecule has 28 heavy (non-hydrogen) atoms. The second-order valence-electron chi connectivity index (χ2n) is 8.40. The third kappa shape index (κ3) is 2.45. The number of carbonyl (C=O) groups is 1. The Bertz CT molecular complexity index is 1190. The van der Waals surface area contributed by atoms with Gasteiger partial charge in [-0.2, -0.15) is 10.4 Å². The van der Waals surface area contributed by atoms with Crippen LogP contribution in [0.25, 0.3) is 10.9 Å². The quantitative estimate of drug-likeness (QED) is 0.683. The van der Waals surface area contributed by atoms with Gasteiger partial charge in [0.25, 0.3) is 0 Å². The molecular weight excluding hydrogens is 348 g/mol. The lowest BCUT2D eigenvalue weighted by atomic mass is 9.73. The molecule has 0 spiro atoms. The highest BCUT2D eigenvalue weighted by molar-refractivity contribution is 6.02. The molecule has 1 aliphatic carbocycles. The molecule has 5 rings (SSSR count). The molecule has 0 bridgehead atoms. The summed E-state index contributed by atoms with van der Waals surface area (Å²) in [6.45, 7) is 4.27. The lowest BCUT2D eigenvalue weighted by molar-refractivity contribution is -0.118. The van der Waals surface area contributed by atoms with Crippen molar-refractivity contribution >= 4 is 22.5 Å². The van der Waals surface area contributed by atoms with Gasteiger partial charge in [0, 0.05) is 23.1 Å². The lowest BCUT2D eigenvalue weighted by Gasteiger charge is -2.39. The highest BCUT2D eigenvalue weighted by atomic mass is 16.1. The van der Waals surface area contributed by atoms with Crippen molar-refractivity contribution in [2.45, 2.75) is 32.7 Å². The van der Waals surface area contributed by atoms with Crippen molar-refractivity contribution < 1.29 is 4.79 Å². The predicted molar refractivity (Wildman–Crippen MR) is 108 cm³/mol. The molecule has 1 aliphatic heterocycles. The van der Waals surface area contributed by atoms with E-state index in [0.717, 1.165) is 40.0 Å². The molecule has 1 aromatic heterocycles. The Morgan fingerprint density at radius 3 is 2.64 bits per heavy atom. The van der Waals surface area contributed by atoms with E-state index in [2.05, 4.69) is 31.3 Å². The molecule has 3 aromatic rings. The third-order valence-corrected chi connectivity index (χ3v) is 5.67. The largest absolute Gasteiger partial charge is 0.343 e. The van der Waals surface area contributed by atoms with Crippen molar-refractivity contribution in [3.8, 4) is 6.07 Å². The number of nitrogens with one attached hydrogen (secondary N) is 1. The zero-order valence-electron chi connectivity index (χ0n) is 15.9. The number of benzene rings is 2. The Morgan fingerprint density at radius 2 is 1.89 bits per heavy atom. The Morgan fingerprint density at radius 1 is 1.14 bits per heavy atom. The van der Waals surface area contributed by atoms with Crippen LogP contribution in [0.5, 0.6) is 0 Å². The minimum absolute atomic E-state index is 0.0733. The minimum Gasteiger partial charge on any atom is -0.343 e. The van der Waals surface area contributed by atoms with E-state index >= 15 is 0 Å². The number of anilines is 1. The van der Waals surface area contributed by atoms with E-state index in [1.165, 1.54) is 0 Å². The molecule has 1 atom stereocenters. The molecule has 0 radical (unpaired) electrons. The first kappa shape index (κ1) is 16.8. The minimum atomic E-state index is -0.282. The highest BCUT2D eigenvalue weighted by Crippen LogP contribution is 2.47. The Hall–Kier alpha value is -3.39. The van der Waals surface area contributed by atoms with Gasteiger partial charge in [-0.15, -0.1) is 0 Å². The van der Waals surface area contributed by atoms with E-state index in [1.54, 1.807) is 12.1 Å². The number of fused-ring (bicyclic) bond motifs is 3. The van der Waals surface area contributed by atoms with Gasteiger partial charge < -0.3 is 5.32 Å². The number of Topliss-reactive ketones (excluding diaryl/α,β-unsaturated/α-hetero) is 1. The summed E-state index contributed by atoms with van der Waals surface area (Å²) in [6.07, 6.45) is 1.34. The van der Waals surface area contributed by atoms with Crippen LogP contribution >= 0.6 is 0 Å². The number of nitrogens with zero attached hydrogens (tertiary/aromatic N) is 3. The molecule has 5 nitrogen and oxygen atoms in total. The number of hydrogen-bond acceptors (Lipinski definition) is 4. The first-order chi connectivity index (χ1) is 13.5. The van der Waals surface area contributed by atoms with Crippen LogP contribution < -0.4 is 5.32 Å². The maximum atomic E-state index is 13.2. The van der Waals surface area contributed by atoms with Crippen LogP contribution in [0.4, 0.5) is 5.82 Å². The zero-order valence-corrected chi connectivity index (χ0v) is 15.9. The van der Waals surface area contributed by atoms with Crippen molar-refractivity contribution in [1.82, 2.24) is 9.78 Å². The number of aromatic nitrogens is 2. The van der Waals surface area contributed by atoms with Crippen molar-refractivity contribution in [1.29, 1.82) is 5.26 Å². The number of nitriles is 1. The maximum absolute atomic E-state index is 13.2. The molecule has 0 saturated heterocycles. The second kappa shape index (κ2) is 5.80. The van der Waals surface area contributed by atoms with Gasteiger partial charge in [-0.25, -0.2) is 4.68 Å². The lowest BCUT2D eigenvalue weighted by Crippen LogP contribution is -2.36. The van der Waals surface area contributed by atoms with Crippen LogP contribution in [0.1, 0.15) is 43.9 Å². The van der Waals surface area contributed by atoms with Crippen LogP contribution in [-0.2, 0) is 4.79 Å². The summed E-state index contributed by atoms with van der Waals surface area (Å²) in [6, 6.07) is 17.4. The molecule has 0 saturated carbocycles. The fourth-order valence-electron chi connectivity index (χ4n) is 4.44. The average molecular weight is 368 g/mol. The Balaban J connectivity index is 1.76. The van der Waals surface area contributed by atoms with Gasteiger partial charge in [0.05, 0.1) is 17.1 Å². The third-order valence-electron chi connectivity index (χ3n) is 5.67. The fraction of sp³-hybridized carbons (Fsp3) is 0.261. The number of allylic oxidation sites excluding steroid dienone is 2. The van der Waals surface area contributed by atoms with Gasteiger partial charge in [0.2, 0.25) is 0 Å². The monoisotopic (exact) mass is 368 g/mol. The molecule has 0 amide bonds. The summed E-state index contributed by atoms with van der Waals surface area (Å²) in [5.74, 6) is 1.09. The highest BCUT2D eigenvalue weighted by Gasteiger charge is 2.41. The van der Waals surface area contributed by atoms with E-state index in [0.29, 0.717) is 12.0 Å². The van der Waals surface area contributed by atoms with Gasteiger partial charge in [-0.05, 0) is 41.7 Å². The zero-order chi connectivity index (χ0) is 19.5. The molecule has 0 fully saturated rings. The molecule has 5 heteroatoms. The summed E-state index contributed by atoms with van der Waals surface area (Å²) in [5, 5.41) is 18.5. The topological polar surface area (TPSA) is 70.7 Å². The summed E-state index contributed by atoms with van der Waals surface area (Å²) >= 11 is 0. The molecule has 1 unspecified atom stereocenters. The molecule has 2 aromatic carbocycles. The maximum Gasteiger partial charge on any atom is 0.163 e. The van der Waals surface area contributed by atoms with Crippen molar-refractivity contribution in [3.05, 3.63) is 70.9 Å². The predicted octanol–water partition coefficient (Wildman–Crippen LogP) is 4.57. The number of rotatable bonds is 1. The van der Waals surface area contributed by atoms with Gasteiger partial charge in [-0.3, -0.25) is 4.79 Å². The van der Waals surface area contributed by atoms with E-state index in [1.807, 2.05) is 35.0 Å². The Kier molecular flexibility index (Phi) is 3.47. The van der Waals surface area contributed by atoms with Crippen molar-refractivity contribution in [2.75, 3.05) is 5.32 Å². The van der Waals surface area contributed by atoms with E-state index in [4.69, 9.17) is 10.4 Å². The average Bonchev–Trinajstić information content (AvgIpc) is 3.04. The molecule has 138 valence electrons. The van der Waals surface area contributed by atoms with Crippen LogP contribution in [0.2, 0.25) is 0 Å². The molecule has 1 N–H and O–H groups in total. The standard InChI is InChI=1S/C23H20N4O/c1-23(2)11-18-20(19(28)12-23)21(15-9-7-14(13-24)8-10-15)27-22(25-18)16-5-3-4-6-17(16)26-27/h3-10,21,25H,11-12H2,1-2H3. The molecular formula is C23H20N4O. The van der Waals surface area contributed by atoms with E-state index in [9.17, 15) is 4.79 Å². The first-order valence-corrected chi connectivity index (χ1v) is 9.47.